The molecular formula is C8H14BN. The monoisotopic (exact) mass is 135 g/mol. The second-order valence-corrected chi connectivity index (χ2v) is 3.13. The maximum Gasteiger partial charge on any atom is 0.253 e. The molecule has 0 saturated carbocycles. The van der Waals surface area contributed by atoms with Crippen LogP contribution in [0.5, 0.6) is 0 Å². The number of nitrogens with zero attached hydrogens (tertiary/aromatic N) is 1. The van der Waals surface area contributed by atoms with Gasteiger partial charge in [-0.1, -0.05) is 23.7 Å². The smallest absolute Gasteiger partial charge is 0.253 e. The average Bonchev–Trinajstić information content (AvgIpc) is 1.88. The Hall–Kier alpha value is -0.495. The van der Waals surface area contributed by atoms with Crippen LogP contribution >= 0.6 is 0 Å². The van der Waals surface area contributed by atoms with Gasteiger partial charge < -0.3 is 4.81 Å². The van der Waals surface area contributed by atoms with Crippen molar-refractivity contribution in [3.63, 3.8) is 0 Å². The highest BCUT2D eigenvalue weighted by molar-refractivity contribution is 6.62. The molecule has 0 fully saturated rings. The summed E-state index contributed by atoms with van der Waals surface area (Å²) in [6.45, 7) is 2.80. The Bertz CT molecular complexity index is 170. The summed E-state index contributed by atoms with van der Waals surface area (Å²) in [5.74, 6) is 2.24. The van der Waals surface area contributed by atoms with Gasteiger partial charge in [0.25, 0.3) is 6.85 Å². The predicted molar refractivity (Wildman–Crippen MR) is 47.1 cm³/mol. The number of hydrogen-bond acceptors (Lipinski definition) is 1. The zero-order chi connectivity index (χ0) is 7.56. The highest BCUT2D eigenvalue weighted by atomic mass is 15.0. The molecule has 0 aromatic heterocycles. The summed E-state index contributed by atoms with van der Waals surface area (Å²) in [4.78, 5) is 2.24. The standard InChI is InChI=1S/C8H14BN/c1-8-5-4-6-9(7-8)10(2)3/h4-6H,7H2,1-3H3. The molecule has 0 aromatic carbocycles. The normalized spacial score (nSPS) is 18.0. The average molecular weight is 135 g/mol. The molecule has 1 rings (SSSR count). The molecule has 0 bridgehead atoms. The van der Waals surface area contributed by atoms with Gasteiger partial charge in [0.2, 0.25) is 0 Å². The third-order valence-corrected chi connectivity index (χ3v) is 1.91. The highest BCUT2D eigenvalue weighted by Crippen LogP contribution is 2.12. The Morgan fingerprint density at radius 1 is 1.50 bits per heavy atom. The van der Waals surface area contributed by atoms with Crippen LogP contribution in [0.4, 0.5) is 0 Å². The Morgan fingerprint density at radius 2 is 2.20 bits per heavy atom. The Balaban J connectivity index is 2.55. The molecule has 0 N–H and O–H groups in total. The molecule has 0 radical (unpaired) electrons. The van der Waals surface area contributed by atoms with Gasteiger partial charge in [-0.05, 0) is 27.3 Å². The van der Waals surface area contributed by atoms with Crippen LogP contribution in [0.25, 0.3) is 0 Å². The van der Waals surface area contributed by atoms with E-state index in [4.69, 9.17) is 0 Å². The molecule has 1 aliphatic heterocycles. The van der Waals surface area contributed by atoms with Crippen LogP contribution in [0.15, 0.2) is 23.7 Å². The summed E-state index contributed by atoms with van der Waals surface area (Å²) >= 11 is 0. The number of rotatable bonds is 1. The minimum Gasteiger partial charge on any atom is -0.344 e. The van der Waals surface area contributed by atoms with E-state index in [1.165, 1.54) is 11.9 Å². The molecule has 1 aliphatic rings. The quantitative estimate of drug-likeness (QED) is 0.493. The largest absolute Gasteiger partial charge is 0.344 e. The van der Waals surface area contributed by atoms with Crippen LogP contribution in [0.1, 0.15) is 6.92 Å². The van der Waals surface area contributed by atoms with Crippen molar-refractivity contribution in [2.75, 3.05) is 14.1 Å². The SMILES string of the molecule is CC1=CC=CB(N(C)C)C1. The van der Waals surface area contributed by atoms with Crippen molar-refractivity contribution in [1.82, 2.24) is 4.81 Å². The number of allylic oxidation sites excluding steroid dienone is 3. The highest BCUT2D eigenvalue weighted by Gasteiger charge is 2.15. The molecule has 0 atom stereocenters. The van der Waals surface area contributed by atoms with E-state index in [1.54, 1.807) is 0 Å². The maximum atomic E-state index is 2.24. The Labute approximate surface area is 63.5 Å². The third kappa shape index (κ3) is 1.74. The summed E-state index contributed by atoms with van der Waals surface area (Å²) < 4.78 is 0. The molecule has 1 heterocycles. The molecule has 10 heavy (non-hydrogen) atoms. The topological polar surface area (TPSA) is 3.24 Å². The van der Waals surface area contributed by atoms with E-state index in [-0.39, 0.29) is 0 Å². The minimum absolute atomic E-state index is 0.616. The summed E-state index contributed by atoms with van der Waals surface area (Å²) in [7, 11) is 4.24. The van der Waals surface area contributed by atoms with Crippen molar-refractivity contribution in [3.8, 4) is 0 Å². The van der Waals surface area contributed by atoms with Crippen molar-refractivity contribution >= 4 is 6.85 Å². The lowest BCUT2D eigenvalue weighted by atomic mass is 9.54. The van der Waals surface area contributed by atoms with Crippen molar-refractivity contribution < 1.29 is 0 Å². The van der Waals surface area contributed by atoms with Crippen molar-refractivity contribution in [2.24, 2.45) is 0 Å². The van der Waals surface area contributed by atoms with Crippen LogP contribution in [-0.2, 0) is 0 Å². The van der Waals surface area contributed by atoms with Crippen molar-refractivity contribution in [3.05, 3.63) is 23.7 Å². The molecule has 0 amide bonds. The van der Waals surface area contributed by atoms with Crippen molar-refractivity contribution in [2.45, 2.75) is 13.2 Å². The fourth-order valence-electron chi connectivity index (χ4n) is 1.17. The Morgan fingerprint density at radius 3 is 2.60 bits per heavy atom. The van der Waals surface area contributed by atoms with Crippen LogP contribution in [0.3, 0.4) is 0 Å². The molecule has 0 spiro atoms. The van der Waals surface area contributed by atoms with Gasteiger partial charge in [-0.2, -0.15) is 0 Å². The van der Waals surface area contributed by atoms with Gasteiger partial charge in [-0.15, -0.1) is 0 Å². The van der Waals surface area contributed by atoms with E-state index in [9.17, 15) is 0 Å². The first-order chi connectivity index (χ1) is 4.70. The zero-order valence-electron chi connectivity index (χ0n) is 6.96. The molecule has 0 unspecified atom stereocenters. The van der Waals surface area contributed by atoms with Gasteiger partial charge in [-0.3, -0.25) is 0 Å². The predicted octanol–water partition coefficient (Wildman–Crippen LogP) is 1.59. The van der Waals surface area contributed by atoms with E-state index in [0.29, 0.717) is 6.85 Å². The summed E-state index contributed by atoms with van der Waals surface area (Å²) in [5.41, 5.74) is 1.47. The van der Waals surface area contributed by atoms with E-state index < -0.39 is 0 Å². The van der Waals surface area contributed by atoms with Gasteiger partial charge in [0.05, 0.1) is 0 Å². The van der Waals surface area contributed by atoms with Gasteiger partial charge in [0.15, 0.2) is 0 Å². The fourth-order valence-corrected chi connectivity index (χ4v) is 1.17. The van der Waals surface area contributed by atoms with E-state index in [2.05, 4.69) is 44.0 Å². The second kappa shape index (κ2) is 3.06. The minimum atomic E-state index is 0.616. The van der Waals surface area contributed by atoms with Gasteiger partial charge in [0.1, 0.15) is 0 Å². The third-order valence-electron chi connectivity index (χ3n) is 1.91. The van der Waals surface area contributed by atoms with Crippen LogP contribution < -0.4 is 0 Å². The molecule has 0 aromatic rings. The number of hydrogen-bond donors (Lipinski definition) is 0. The van der Waals surface area contributed by atoms with E-state index in [1.807, 2.05) is 0 Å². The van der Waals surface area contributed by atoms with Gasteiger partial charge in [-0.25, -0.2) is 0 Å². The van der Waals surface area contributed by atoms with Crippen LogP contribution in [-0.4, -0.2) is 25.8 Å². The lowest BCUT2D eigenvalue weighted by Gasteiger charge is -2.19. The lowest BCUT2D eigenvalue weighted by molar-refractivity contribution is 0.646. The molecule has 1 nitrogen and oxygen atoms in total. The maximum absolute atomic E-state index is 2.24. The first-order valence-electron chi connectivity index (χ1n) is 3.70. The molecular weight excluding hydrogens is 121 g/mol. The van der Waals surface area contributed by atoms with E-state index in [0.717, 1.165) is 0 Å². The summed E-state index contributed by atoms with van der Waals surface area (Å²) in [6, 6.07) is 0. The first-order valence-corrected chi connectivity index (χ1v) is 3.70. The summed E-state index contributed by atoms with van der Waals surface area (Å²) in [6.07, 6.45) is 5.51. The molecule has 0 saturated heterocycles. The lowest BCUT2D eigenvalue weighted by Crippen LogP contribution is -2.31. The van der Waals surface area contributed by atoms with Crippen molar-refractivity contribution in [1.29, 1.82) is 0 Å². The molecule has 2 heteroatoms. The van der Waals surface area contributed by atoms with Gasteiger partial charge in [0, 0.05) is 0 Å². The Kier molecular flexibility index (Phi) is 2.33. The zero-order valence-corrected chi connectivity index (χ0v) is 6.96. The first kappa shape index (κ1) is 7.61. The van der Waals surface area contributed by atoms with Crippen LogP contribution in [0, 0.1) is 0 Å². The molecule has 0 aliphatic carbocycles. The van der Waals surface area contributed by atoms with Gasteiger partial charge >= 0.3 is 0 Å². The molecule has 54 valence electrons. The second-order valence-electron chi connectivity index (χ2n) is 3.13. The fraction of sp³-hybridized carbons (Fsp3) is 0.500. The van der Waals surface area contributed by atoms with E-state index >= 15 is 0 Å². The van der Waals surface area contributed by atoms with Crippen LogP contribution in [0.2, 0.25) is 6.32 Å². The summed E-state index contributed by atoms with van der Waals surface area (Å²) in [5, 5.41) is 0.